The molecule has 0 bridgehead atoms. The third-order valence-electron chi connectivity index (χ3n) is 4.50. The topological polar surface area (TPSA) is 67.3 Å². The Hall–Kier alpha value is -3.00. The fraction of sp³-hybridized carbons (Fsp3) is 0.250. The monoisotopic (exact) mass is 401 g/mol. The molecule has 3 rings (SSSR count). The molecule has 28 heavy (non-hydrogen) atoms. The molecule has 3 aromatic rings. The van der Waals surface area contributed by atoms with Gasteiger partial charge in [0.15, 0.2) is 16.3 Å². The Kier molecular flexibility index (Phi) is 5.89. The van der Waals surface area contributed by atoms with Crippen LogP contribution in [-0.2, 0) is 17.9 Å². The number of carbonyl (C=O) groups is 1. The van der Waals surface area contributed by atoms with Gasteiger partial charge in [0.1, 0.15) is 0 Å². The standard InChI is InChI=1S/C20H20FN3O3S/c1-23(12-13-7-8-17(27-2)15(21)11-13)18(25)9-10-24-19(26)14-5-3-4-6-16(14)22-20(24)28/h3-8,11H,9-10,12H2,1-2H3,(H,22,28). The third-order valence-corrected chi connectivity index (χ3v) is 4.82. The average Bonchev–Trinajstić information content (AvgIpc) is 2.67. The average molecular weight is 401 g/mol. The van der Waals surface area contributed by atoms with Crippen LogP contribution in [0, 0.1) is 10.6 Å². The lowest BCUT2D eigenvalue weighted by molar-refractivity contribution is -0.130. The number of hydrogen-bond donors (Lipinski definition) is 1. The van der Waals surface area contributed by atoms with Crippen LogP contribution >= 0.6 is 12.2 Å². The van der Waals surface area contributed by atoms with Gasteiger partial charge in [-0.2, -0.15) is 0 Å². The first kappa shape index (κ1) is 19.8. The Bertz CT molecular complexity index is 1140. The van der Waals surface area contributed by atoms with Gasteiger partial charge in [0.05, 0.1) is 18.0 Å². The number of methoxy groups -OCH3 is 1. The number of hydrogen-bond acceptors (Lipinski definition) is 4. The third kappa shape index (κ3) is 4.12. The van der Waals surface area contributed by atoms with E-state index in [1.54, 1.807) is 31.3 Å². The molecule has 0 aliphatic heterocycles. The van der Waals surface area contributed by atoms with Crippen LogP contribution in [0.3, 0.4) is 0 Å². The van der Waals surface area contributed by atoms with Gasteiger partial charge < -0.3 is 14.6 Å². The first-order valence-corrected chi connectivity index (χ1v) is 9.09. The molecule has 0 spiro atoms. The summed E-state index contributed by atoms with van der Waals surface area (Å²) in [6.45, 7) is 0.415. The summed E-state index contributed by atoms with van der Waals surface area (Å²) in [7, 11) is 3.03. The van der Waals surface area contributed by atoms with E-state index < -0.39 is 5.82 Å². The van der Waals surface area contributed by atoms with Crippen LogP contribution in [0.15, 0.2) is 47.3 Å². The summed E-state index contributed by atoms with van der Waals surface area (Å²) in [5.41, 5.74) is 1.08. The summed E-state index contributed by atoms with van der Waals surface area (Å²) >= 11 is 5.26. The zero-order valence-corrected chi connectivity index (χ0v) is 16.4. The van der Waals surface area contributed by atoms with Crippen molar-refractivity contribution in [2.24, 2.45) is 0 Å². The van der Waals surface area contributed by atoms with Crippen molar-refractivity contribution in [2.75, 3.05) is 14.2 Å². The van der Waals surface area contributed by atoms with Crippen LogP contribution in [-0.4, -0.2) is 34.5 Å². The van der Waals surface area contributed by atoms with Crippen molar-refractivity contribution in [1.29, 1.82) is 0 Å². The van der Waals surface area contributed by atoms with Gasteiger partial charge in [-0.1, -0.05) is 18.2 Å². The number of aromatic amines is 1. The minimum atomic E-state index is -0.477. The Morgan fingerprint density at radius 1 is 1.29 bits per heavy atom. The van der Waals surface area contributed by atoms with E-state index in [0.717, 1.165) is 0 Å². The second kappa shape index (κ2) is 8.35. The van der Waals surface area contributed by atoms with Crippen LogP contribution in [0.1, 0.15) is 12.0 Å². The molecule has 0 radical (unpaired) electrons. The molecule has 2 aromatic carbocycles. The van der Waals surface area contributed by atoms with E-state index in [1.807, 2.05) is 6.07 Å². The molecule has 0 unspecified atom stereocenters. The van der Waals surface area contributed by atoms with Crippen LogP contribution in [0.5, 0.6) is 5.75 Å². The Morgan fingerprint density at radius 3 is 2.75 bits per heavy atom. The molecule has 0 saturated carbocycles. The van der Waals surface area contributed by atoms with Gasteiger partial charge in [-0.25, -0.2) is 4.39 Å². The molecule has 8 heteroatoms. The van der Waals surface area contributed by atoms with E-state index in [1.165, 1.54) is 28.7 Å². The van der Waals surface area contributed by atoms with E-state index in [0.29, 0.717) is 16.5 Å². The molecule has 1 amide bonds. The summed E-state index contributed by atoms with van der Waals surface area (Å²) in [5, 5.41) is 0.519. The molecular weight excluding hydrogens is 381 g/mol. The first-order chi connectivity index (χ1) is 13.4. The fourth-order valence-corrected chi connectivity index (χ4v) is 3.25. The number of fused-ring (bicyclic) bond motifs is 1. The minimum Gasteiger partial charge on any atom is -0.494 e. The van der Waals surface area contributed by atoms with Crippen molar-refractivity contribution in [2.45, 2.75) is 19.5 Å². The van der Waals surface area contributed by atoms with Crippen molar-refractivity contribution in [1.82, 2.24) is 14.5 Å². The number of nitrogens with zero attached hydrogens (tertiary/aromatic N) is 2. The maximum atomic E-state index is 13.8. The van der Waals surface area contributed by atoms with E-state index >= 15 is 0 Å². The largest absolute Gasteiger partial charge is 0.494 e. The molecule has 0 aliphatic rings. The number of H-pyrrole nitrogens is 1. The molecule has 6 nitrogen and oxygen atoms in total. The second-order valence-corrected chi connectivity index (χ2v) is 6.79. The Morgan fingerprint density at radius 2 is 2.04 bits per heavy atom. The van der Waals surface area contributed by atoms with Crippen LogP contribution in [0.25, 0.3) is 10.9 Å². The van der Waals surface area contributed by atoms with Gasteiger partial charge in [0, 0.05) is 26.6 Å². The Balaban J connectivity index is 1.70. The van der Waals surface area contributed by atoms with Crippen molar-refractivity contribution in [3.63, 3.8) is 0 Å². The molecule has 146 valence electrons. The van der Waals surface area contributed by atoms with Gasteiger partial charge >= 0.3 is 0 Å². The number of amides is 1. The van der Waals surface area contributed by atoms with Crippen molar-refractivity contribution < 1.29 is 13.9 Å². The summed E-state index contributed by atoms with van der Waals surface area (Å²) in [4.78, 5) is 29.6. The number of para-hydroxylation sites is 1. The number of rotatable bonds is 6. The quantitative estimate of drug-likeness (QED) is 0.644. The van der Waals surface area contributed by atoms with Crippen molar-refractivity contribution >= 4 is 29.0 Å². The number of halogens is 1. The predicted molar refractivity (Wildman–Crippen MR) is 107 cm³/mol. The van der Waals surface area contributed by atoms with Crippen LogP contribution in [0.4, 0.5) is 4.39 Å². The van der Waals surface area contributed by atoms with Crippen LogP contribution in [0.2, 0.25) is 0 Å². The van der Waals surface area contributed by atoms with Crippen LogP contribution < -0.4 is 10.3 Å². The lowest BCUT2D eigenvalue weighted by atomic mass is 10.2. The van der Waals surface area contributed by atoms with Gasteiger partial charge in [0.25, 0.3) is 5.56 Å². The maximum Gasteiger partial charge on any atom is 0.262 e. The van der Waals surface area contributed by atoms with Gasteiger partial charge in [-0.15, -0.1) is 0 Å². The number of nitrogens with one attached hydrogen (secondary N) is 1. The summed E-state index contributed by atoms with van der Waals surface area (Å²) in [5.74, 6) is -0.497. The molecule has 0 saturated heterocycles. The molecule has 1 heterocycles. The molecular formula is C20H20FN3O3S. The van der Waals surface area contributed by atoms with E-state index in [9.17, 15) is 14.0 Å². The fourth-order valence-electron chi connectivity index (χ4n) is 2.97. The van der Waals surface area contributed by atoms with E-state index in [-0.39, 0.29) is 41.5 Å². The smallest absolute Gasteiger partial charge is 0.262 e. The number of carbonyl (C=O) groups excluding carboxylic acids is 1. The van der Waals surface area contributed by atoms with Gasteiger partial charge in [0.2, 0.25) is 5.91 Å². The molecule has 0 aliphatic carbocycles. The summed E-state index contributed by atoms with van der Waals surface area (Å²) in [6, 6.07) is 11.7. The minimum absolute atomic E-state index is 0.102. The highest BCUT2D eigenvalue weighted by Crippen LogP contribution is 2.18. The summed E-state index contributed by atoms with van der Waals surface area (Å²) < 4.78 is 20.4. The van der Waals surface area contributed by atoms with E-state index in [4.69, 9.17) is 17.0 Å². The molecule has 0 atom stereocenters. The second-order valence-electron chi connectivity index (χ2n) is 6.40. The highest BCUT2D eigenvalue weighted by molar-refractivity contribution is 7.71. The zero-order valence-electron chi connectivity index (χ0n) is 15.6. The lowest BCUT2D eigenvalue weighted by Gasteiger charge is -2.18. The lowest BCUT2D eigenvalue weighted by Crippen LogP contribution is -2.29. The van der Waals surface area contributed by atoms with E-state index in [2.05, 4.69) is 4.98 Å². The first-order valence-electron chi connectivity index (χ1n) is 8.69. The zero-order chi connectivity index (χ0) is 20.3. The number of aromatic nitrogens is 2. The number of benzene rings is 2. The highest BCUT2D eigenvalue weighted by Gasteiger charge is 2.13. The maximum absolute atomic E-state index is 13.8. The SMILES string of the molecule is COc1ccc(CN(C)C(=O)CCn2c(=S)[nH]c3ccccc3c2=O)cc1F. The van der Waals surface area contributed by atoms with Gasteiger partial charge in [-0.3, -0.25) is 14.2 Å². The van der Waals surface area contributed by atoms with Crippen molar-refractivity contribution in [3.05, 3.63) is 69.0 Å². The van der Waals surface area contributed by atoms with Crippen molar-refractivity contribution in [3.8, 4) is 5.75 Å². The predicted octanol–water partition coefficient (Wildman–Crippen LogP) is 3.26. The molecule has 0 fully saturated rings. The molecule has 1 N–H and O–H groups in total. The van der Waals surface area contributed by atoms with Gasteiger partial charge in [-0.05, 0) is 42.0 Å². The summed E-state index contributed by atoms with van der Waals surface area (Å²) in [6.07, 6.45) is 0.102. The normalized spacial score (nSPS) is 10.8. The number of ether oxygens (including phenoxy) is 1. The molecule has 1 aromatic heterocycles. The highest BCUT2D eigenvalue weighted by atomic mass is 32.1. The Labute approximate surface area is 166 Å².